The fourth-order valence-electron chi connectivity index (χ4n) is 3.92. The molecule has 0 amide bonds. The van der Waals surface area contributed by atoms with E-state index in [1.54, 1.807) is 0 Å². The Morgan fingerprint density at radius 2 is 2.04 bits per heavy atom. The van der Waals surface area contributed by atoms with Gasteiger partial charge in [0.15, 0.2) is 5.43 Å². The van der Waals surface area contributed by atoms with E-state index in [-0.39, 0.29) is 17.3 Å². The van der Waals surface area contributed by atoms with Crippen LogP contribution in [0.3, 0.4) is 0 Å². The smallest absolute Gasteiger partial charge is 0.189 e. The Morgan fingerprint density at radius 1 is 1.26 bits per heavy atom. The monoisotopic (exact) mass is 316 g/mol. The molecule has 1 aromatic carbocycles. The summed E-state index contributed by atoms with van der Waals surface area (Å²) in [6, 6.07) is 2.94. The van der Waals surface area contributed by atoms with Crippen molar-refractivity contribution >= 4 is 10.9 Å². The summed E-state index contributed by atoms with van der Waals surface area (Å²) >= 11 is 0. The Morgan fingerprint density at radius 3 is 2.83 bits per heavy atom. The van der Waals surface area contributed by atoms with Gasteiger partial charge in [0.05, 0.1) is 11.6 Å². The summed E-state index contributed by atoms with van der Waals surface area (Å²) in [5.41, 5.74) is 2.53. The Balaban J connectivity index is 1.80. The van der Waals surface area contributed by atoms with Gasteiger partial charge in [0.2, 0.25) is 0 Å². The SMILES string of the molecule is O=c1ccn2c3c(c(CN4CCC(O)CC4)c(F)cc13)CCC2. The van der Waals surface area contributed by atoms with Crippen LogP contribution < -0.4 is 5.43 Å². The highest BCUT2D eigenvalue weighted by molar-refractivity contribution is 5.84. The van der Waals surface area contributed by atoms with Crippen molar-refractivity contribution in [3.05, 3.63) is 45.5 Å². The normalized spacial score (nSPS) is 19.4. The number of aryl methyl sites for hydroxylation is 2. The lowest BCUT2D eigenvalue weighted by atomic mass is 9.94. The quantitative estimate of drug-likeness (QED) is 0.922. The molecule has 1 N–H and O–H groups in total. The number of hydrogen-bond acceptors (Lipinski definition) is 3. The second kappa shape index (κ2) is 5.73. The van der Waals surface area contributed by atoms with E-state index in [0.717, 1.165) is 62.0 Å². The second-order valence-corrected chi connectivity index (χ2v) is 6.70. The lowest BCUT2D eigenvalue weighted by Gasteiger charge is -2.31. The third kappa shape index (κ3) is 2.58. The zero-order chi connectivity index (χ0) is 16.0. The van der Waals surface area contributed by atoms with E-state index in [0.29, 0.717) is 11.9 Å². The van der Waals surface area contributed by atoms with Crippen LogP contribution in [0.4, 0.5) is 4.39 Å². The number of nitrogens with zero attached hydrogens (tertiary/aromatic N) is 2. The van der Waals surface area contributed by atoms with E-state index in [4.69, 9.17) is 0 Å². The fourth-order valence-corrected chi connectivity index (χ4v) is 3.92. The fraction of sp³-hybridized carbons (Fsp3) is 0.500. The number of halogens is 1. The summed E-state index contributed by atoms with van der Waals surface area (Å²) in [7, 11) is 0. The summed E-state index contributed by atoms with van der Waals surface area (Å²) in [6.45, 7) is 3.02. The summed E-state index contributed by atoms with van der Waals surface area (Å²) < 4.78 is 16.8. The minimum atomic E-state index is -0.268. The zero-order valence-corrected chi connectivity index (χ0v) is 13.1. The highest BCUT2D eigenvalue weighted by Gasteiger charge is 2.23. The van der Waals surface area contributed by atoms with Crippen molar-refractivity contribution < 1.29 is 9.50 Å². The first-order valence-corrected chi connectivity index (χ1v) is 8.37. The molecule has 2 aliphatic rings. The highest BCUT2D eigenvalue weighted by atomic mass is 19.1. The summed E-state index contributed by atoms with van der Waals surface area (Å²) in [5.74, 6) is -0.268. The third-order valence-corrected chi connectivity index (χ3v) is 5.19. The molecule has 4 rings (SSSR count). The molecule has 1 aromatic heterocycles. The predicted octanol–water partition coefficient (Wildman–Crippen LogP) is 2.04. The molecule has 1 fully saturated rings. The first-order chi connectivity index (χ1) is 11.1. The lowest BCUT2D eigenvalue weighted by Crippen LogP contribution is -2.36. The van der Waals surface area contributed by atoms with Crippen LogP contribution in [0.15, 0.2) is 23.1 Å². The molecule has 23 heavy (non-hydrogen) atoms. The number of piperidine rings is 1. The highest BCUT2D eigenvalue weighted by Crippen LogP contribution is 2.30. The van der Waals surface area contributed by atoms with Gasteiger partial charge in [-0.05, 0) is 37.3 Å². The minimum Gasteiger partial charge on any atom is -0.393 e. The minimum absolute atomic E-state index is 0.106. The van der Waals surface area contributed by atoms with Crippen LogP contribution in [0.1, 0.15) is 30.4 Å². The molecule has 0 unspecified atom stereocenters. The third-order valence-electron chi connectivity index (χ3n) is 5.19. The number of hydrogen-bond donors (Lipinski definition) is 1. The van der Waals surface area contributed by atoms with Crippen molar-refractivity contribution in [2.75, 3.05) is 13.1 Å². The number of benzene rings is 1. The van der Waals surface area contributed by atoms with Crippen molar-refractivity contribution in [2.45, 2.75) is 44.9 Å². The average molecular weight is 316 g/mol. The van der Waals surface area contributed by atoms with Gasteiger partial charge in [-0.3, -0.25) is 9.69 Å². The molecule has 1 saturated heterocycles. The number of pyridine rings is 1. The predicted molar refractivity (Wildman–Crippen MR) is 87.0 cm³/mol. The van der Waals surface area contributed by atoms with Crippen molar-refractivity contribution in [3.63, 3.8) is 0 Å². The number of aliphatic hydroxyl groups excluding tert-OH is 1. The van der Waals surface area contributed by atoms with Crippen LogP contribution in [0.5, 0.6) is 0 Å². The molecule has 3 heterocycles. The number of aliphatic hydroxyl groups is 1. The maximum Gasteiger partial charge on any atom is 0.189 e. The first kappa shape index (κ1) is 14.8. The van der Waals surface area contributed by atoms with Gasteiger partial charge < -0.3 is 9.67 Å². The van der Waals surface area contributed by atoms with Gasteiger partial charge in [-0.2, -0.15) is 0 Å². The van der Waals surface area contributed by atoms with Crippen LogP contribution >= 0.6 is 0 Å². The molecule has 0 aliphatic carbocycles. The van der Waals surface area contributed by atoms with Crippen LogP contribution in [0, 0.1) is 5.82 Å². The molecule has 0 saturated carbocycles. The van der Waals surface area contributed by atoms with E-state index in [1.165, 1.54) is 12.1 Å². The van der Waals surface area contributed by atoms with E-state index < -0.39 is 0 Å². The molecular formula is C18H21FN2O2. The Kier molecular flexibility index (Phi) is 3.70. The van der Waals surface area contributed by atoms with Crippen molar-refractivity contribution in [1.29, 1.82) is 0 Å². The summed E-state index contributed by atoms with van der Waals surface area (Å²) in [4.78, 5) is 14.3. The Labute approximate surface area is 134 Å². The van der Waals surface area contributed by atoms with Crippen molar-refractivity contribution in [3.8, 4) is 0 Å². The zero-order valence-electron chi connectivity index (χ0n) is 13.1. The van der Waals surface area contributed by atoms with Gasteiger partial charge in [-0.25, -0.2) is 4.39 Å². The molecule has 0 radical (unpaired) electrons. The van der Waals surface area contributed by atoms with E-state index in [1.807, 2.05) is 6.20 Å². The summed E-state index contributed by atoms with van der Waals surface area (Å²) in [6.07, 6.45) is 4.89. The Bertz CT molecular complexity index is 807. The van der Waals surface area contributed by atoms with E-state index in [2.05, 4.69) is 9.47 Å². The van der Waals surface area contributed by atoms with Crippen LogP contribution in [0.25, 0.3) is 10.9 Å². The summed E-state index contributed by atoms with van der Waals surface area (Å²) in [5, 5.41) is 10.1. The standard InChI is InChI=1S/C18H21FN2O2/c19-16-10-14-17(23)5-9-21-6-1-2-13(18(14)21)15(16)11-20-7-3-12(22)4-8-20/h5,9-10,12,22H,1-4,6-8,11H2. The van der Waals surface area contributed by atoms with Gasteiger partial charge in [-0.15, -0.1) is 0 Å². The van der Waals surface area contributed by atoms with Gasteiger partial charge in [0.1, 0.15) is 5.82 Å². The number of likely N-dealkylation sites (tertiary alicyclic amines) is 1. The van der Waals surface area contributed by atoms with Crippen LogP contribution in [0.2, 0.25) is 0 Å². The van der Waals surface area contributed by atoms with Crippen molar-refractivity contribution in [1.82, 2.24) is 9.47 Å². The lowest BCUT2D eigenvalue weighted by molar-refractivity contribution is 0.0786. The molecule has 0 atom stereocenters. The van der Waals surface area contributed by atoms with Crippen LogP contribution in [-0.4, -0.2) is 33.8 Å². The average Bonchev–Trinajstić information content (AvgIpc) is 2.56. The van der Waals surface area contributed by atoms with Gasteiger partial charge in [-0.1, -0.05) is 0 Å². The van der Waals surface area contributed by atoms with Gasteiger partial charge in [0, 0.05) is 49.4 Å². The van der Waals surface area contributed by atoms with Crippen molar-refractivity contribution in [2.24, 2.45) is 0 Å². The molecule has 2 aliphatic heterocycles. The number of rotatable bonds is 2. The number of aromatic nitrogens is 1. The van der Waals surface area contributed by atoms with Gasteiger partial charge >= 0.3 is 0 Å². The van der Waals surface area contributed by atoms with E-state index in [9.17, 15) is 14.3 Å². The van der Waals surface area contributed by atoms with Crippen LogP contribution in [-0.2, 0) is 19.5 Å². The topological polar surface area (TPSA) is 45.5 Å². The largest absolute Gasteiger partial charge is 0.393 e. The molecule has 122 valence electrons. The van der Waals surface area contributed by atoms with Gasteiger partial charge in [0.25, 0.3) is 0 Å². The molecule has 5 heteroatoms. The first-order valence-electron chi connectivity index (χ1n) is 8.37. The second-order valence-electron chi connectivity index (χ2n) is 6.70. The molecule has 2 aromatic rings. The molecule has 4 nitrogen and oxygen atoms in total. The maximum atomic E-state index is 14.7. The van der Waals surface area contributed by atoms with E-state index >= 15 is 0 Å². The maximum absolute atomic E-state index is 14.7. The molecule has 0 bridgehead atoms. The Hall–Kier alpha value is -1.72. The molecular weight excluding hydrogens is 295 g/mol. The molecule has 0 spiro atoms.